The second-order valence-corrected chi connectivity index (χ2v) is 8.51. The van der Waals surface area contributed by atoms with E-state index in [1.54, 1.807) is 0 Å². The van der Waals surface area contributed by atoms with Crippen molar-refractivity contribution in [2.45, 2.75) is 9.79 Å². The zero-order valence-corrected chi connectivity index (χ0v) is 14.5. The van der Waals surface area contributed by atoms with Crippen LogP contribution in [0, 0.1) is 10.1 Å². The summed E-state index contributed by atoms with van der Waals surface area (Å²) in [6.45, 7) is 0. The predicted octanol–water partition coefficient (Wildman–Crippen LogP) is -1.43. The van der Waals surface area contributed by atoms with Gasteiger partial charge in [0, 0.05) is 11.5 Å². The molecule has 0 radical (unpaired) electrons. The van der Waals surface area contributed by atoms with Gasteiger partial charge in [-0.1, -0.05) is 0 Å². The number of nitrogens with zero attached hydrogens (tertiary/aromatic N) is 1. The number of nitro benzene ring substituents is 1. The monoisotopic (exact) mass is 415 g/mol. The molecule has 6 N–H and O–H groups in total. The van der Waals surface area contributed by atoms with Crippen molar-refractivity contribution in [1.29, 1.82) is 0 Å². The van der Waals surface area contributed by atoms with Gasteiger partial charge >= 0.3 is 11.1 Å². The molecule has 0 amide bonds. The highest BCUT2D eigenvalue weighted by Crippen LogP contribution is 2.36. The molecule has 0 spiro atoms. The summed E-state index contributed by atoms with van der Waals surface area (Å²) >= 11 is 0. The van der Waals surface area contributed by atoms with Crippen LogP contribution in [0.25, 0.3) is 21.8 Å². The second-order valence-electron chi connectivity index (χ2n) is 5.42. The van der Waals surface area contributed by atoms with Gasteiger partial charge in [-0.15, -0.1) is 0 Å². The van der Waals surface area contributed by atoms with Crippen LogP contribution in [-0.4, -0.2) is 31.7 Å². The maximum Gasteiger partial charge on any atom is 0.314 e. The summed E-state index contributed by atoms with van der Waals surface area (Å²) in [6.07, 6.45) is 0. The number of hydrogen-bond donors (Lipinski definition) is 4. The van der Waals surface area contributed by atoms with Crippen LogP contribution in [0.1, 0.15) is 0 Å². The van der Waals surface area contributed by atoms with Gasteiger partial charge in [-0.05, 0) is 12.1 Å². The molecule has 0 fully saturated rings. The summed E-state index contributed by atoms with van der Waals surface area (Å²) in [5.74, 6) is 0. The Hall–Kier alpha value is -3.14. The number of sulfonamides is 2. The Bertz CT molecular complexity index is 1480. The highest BCUT2D eigenvalue weighted by molar-refractivity contribution is 7.90. The third-order valence-electron chi connectivity index (χ3n) is 3.68. The smallest absolute Gasteiger partial charge is 0.314 e. The third-order valence-corrected chi connectivity index (χ3v) is 5.50. The molecule has 13 nitrogen and oxygen atoms in total. The van der Waals surface area contributed by atoms with E-state index in [0.29, 0.717) is 6.07 Å². The SMILES string of the molecule is NS(=O)(=O)c1cc(S(N)(=O)=O)c2c(c1)c([N+](=O)[O-])cc1[nH]c(=O)c(=O)[nH]c12. The number of rotatable bonds is 3. The Morgan fingerprint density at radius 1 is 0.926 bits per heavy atom. The van der Waals surface area contributed by atoms with Crippen molar-refractivity contribution in [3.63, 3.8) is 0 Å². The number of nitro groups is 1. The lowest BCUT2D eigenvalue weighted by Crippen LogP contribution is -2.29. The van der Waals surface area contributed by atoms with Crippen molar-refractivity contribution in [2.75, 3.05) is 0 Å². The van der Waals surface area contributed by atoms with Crippen LogP contribution in [0.15, 0.2) is 37.6 Å². The summed E-state index contributed by atoms with van der Waals surface area (Å²) in [5.41, 5.74) is -3.57. The average molecular weight is 415 g/mol. The third kappa shape index (κ3) is 3.08. The molecule has 0 saturated carbocycles. The topological polar surface area (TPSA) is 229 Å². The van der Waals surface area contributed by atoms with Gasteiger partial charge in [-0.25, -0.2) is 27.1 Å². The summed E-state index contributed by atoms with van der Waals surface area (Å²) in [5, 5.41) is 20.6. The lowest BCUT2D eigenvalue weighted by Gasteiger charge is -2.11. The fourth-order valence-electron chi connectivity index (χ4n) is 2.59. The number of aromatic amines is 2. The first-order chi connectivity index (χ1) is 12.3. The molecule has 0 saturated heterocycles. The minimum atomic E-state index is -4.63. The quantitative estimate of drug-likeness (QED) is 0.171. The highest BCUT2D eigenvalue weighted by Gasteiger charge is 2.26. The van der Waals surface area contributed by atoms with Crippen LogP contribution < -0.4 is 21.4 Å². The number of primary sulfonamides is 2. The standard InChI is InChI=1S/C12H9N5O8S2/c13-26(22,23)4-1-5-7(17(20)21)3-6-10(16-12(19)11(18)15-6)9(5)8(2-4)27(14,24)25/h1-3H,(H,15,18)(H,16,19)(H2,13,22,23)(H2,14,24,25). The Morgan fingerprint density at radius 2 is 1.52 bits per heavy atom. The normalized spacial score (nSPS) is 12.5. The molecule has 2 aromatic carbocycles. The van der Waals surface area contributed by atoms with Crippen molar-refractivity contribution in [3.8, 4) is 0 Å². The molecule has 0 bridgehead atoms. The van der Waals surface area contributed by atoms with Crippen LogP contribution >= 0.6 is 0 Å². The zero-order valence-electron chi connectivity index (χ0n) is 12.9. The second kappa shape index (κ2) is 5.68. The molecular weight excluding hydrogens is 406 g/mol. The summed E-state index contributed by atoms with van der Waals surface area (Å²) in [4.78, 5) is 36.3. The molecule has 3 rings (SSSR count). The Balaban J connectivity index is 2.81. The predicted molar refractivity (Wildman–Crippen MR) is 92.1 cm³/mol. The summed E-state index contributed by atoms with van der Waals surface area (Å²) in [7, 11) is -9.09. The number of H-pyrrole nitrogens is 2. The first kappa shape index (κ1) is 18.6. The maximum atomic E-state index is 12.0. The van der Waals surface area contributed by atoms with E-state index in [4.69, 9.17) is 10.3 Å². The van der Waals surface area contributed by atoms with E-state index in [2.05, 4.69) is 9.97 Å². The first-order valence-electron chi connectivity index (χ1n) is 6.78. The minimum Gasteiger partial charge on any atom is -0.316 e. The van der Waals surface area contributed by atoms with Crippen molar-refractivity contribution in [3.05, 3.63) is 49.0 Å². The largest absolute Gasteiger partial charge is 0.316 e. The van der Waals surface area contributed by atoms with Gasteiger partial charge in [-0.2, -0.15) is 0 Å². The van der Waals surface area contributed by atoms with Gasteiger partial charge in [0.15, 0.2) is 0 Å². The van der Waals surface area contributed by atoms with E-state index >= 15 is 0 Å². The van der Waals surface area contributed by atoms with Crippen molar-refractivity contribution < 1.29 is 21.8 Å². The van der Waals surface area contributed by atoms with Gasteiger partial charge in [0.2, 0.25) is 20.0 Å². The van der Waals surface area contributed by atoms with E-state index in [1.165, 1.54) is 0 Å². The van der Waals surface area contributed by atoms with E-state index in [9.17, 15) is 36.5 Å². The van der Waals surface area contributed by atoms with Crippen LogP contribution in [0.2, 0.25) is 0 Å². The van der Waals surface area contributed by atoms with E-state index in [-0.39, 0.29) is 11.0 Å². The number of benzene rings is 2. The van der Waals surface area contributed by atoms with Crippen LogP contribution in [-0.2, 0) is 20.0 Å². The minimum absolute atomic E-state index is 0.257. The molecule has 3 aromatic rings. The van der Waals surface area contributed by atoms with E-state index in [1.807, 2.05) is 0 Å². The molecule has 1 aromatic heterocycles. The number of hydrogen-bond acceptors (Lipinski definition) is 8. The lowest BCUT2D eigenvalue weighted by atomic mass is 10.1. The van der Waals surface area contributed by atoms with Gasteiger partial charge in [0.1, 0.15) is 0 Å². The summed E-state index contributed by atoms with van der Waals surface area (Å²) < 4.78 is 47.4. The molecule has 0 aliphatic rings. The van der Waals surface area contributed by atoms with E-state index < -0.39 is 62.3 Å². The number of nitrogens with one attached hydrogen (secondary N) is 2. The highest BCUT2D eigenvalue weighted by atomic mass is 32.2. The Morgan fingerprint density at radius 3 is 2.04 bits per heavy atom. The molecule has 0 aliphatic heterocycles. The summed E-state index contributed by atoms with van der Waals surface area (Å²) in [6, 6.07) is 2.23. The van der Waals surface area contributed by atoms with Gasteiger partial charge in [-0.3, -0.25) is 19.7 Å². The average Bonchev–Trinajstić information content (AvgIpc) is 2.52. The van der Waals surface area contributed by atoms with Crippen LogP contribution in [0.5, 0.6) is 0 Å². The number of non-ortho nitro benzene ring substituents is 1. The zero-order chi connectivity index (χ0) is 20.3. The molecule has 0 aliphatic carbocycles. The molecule has 1 heterocycles. The molecule has 142 valence electrons. The Labute approximate surface area is 148 Å². The van der Waals surface area contributed by atoms with Gasteiger partial charge in [0.25, 0.3) is 5.69 Å². The molecule has 27 heavy (non-hydrogen) atoms. The molecule has 0 unspecified atom stereocenters. The molecule has 15 heteroatoms. The molecule has 0 atom stereocenters. The number of nitrogens with two attached hydrogens (primary N) is 2. The Kier molecular flexibility index (Phi) is 3.92. The van der Waals surface area contributed by atoms with Crippen LogP contribution in [0.3, 0.4) is 0 Å². The lowest BCUT2D eigenvalue weighted by molar-refractivity contribution is -0.383. The molecular formula is C12H9N5O8S2. The van der Waals surface area contributed by atoms with E-state index in [0.717, 1.165) is 12.1 Å². The van der Waals surface area contributed by atoms with Crippen LogP contribution in [0.4, 0.5) is 5.69 Å². The van der Waals surface area contributed by atoms with Gasteiger partial charge in [0.05, 0.1) is 31.1 Å². The fraction of sp³-hybridized carbons (Fsp3) is 0. The number of aromatic nitrogens is 2. The van der Waals surface area contributed by atoms with Crippen molar-refractivity contribution >= 4 is 47.5 Å². The van der Waals surface area contributed by atoms with Gasteiger partial charge < -0.3 is 9.97 Å². The maximum absolute atomic E-state index is 12.0. The van der Waals surface area contributed by atoms with Crippen molar-refractivity contribution in [2.24, 2.45) is 10.3 Å². The van der Waals surface area contributed by atoms with Crippen molar-refractivity contribution in [1.82, 2.24) is 9.97 Å². The first-order valence-corrected chi connectivity index (χ1v) is 9.87. The fourth-order valence-corrected chi connectivity index (χ4v) is 4.02. The number of fused-ring (bicyclic) bond motifs is 3.